The van der Waals surface area contributed by atoms with Gasteiger partial charge in [-0.05, 0) is 54.9 Å². The third-order valence-corrected chi connectivity index (χ3v) is 7.67. The van der Waals surface area contributed by atoms with E-state index in [1.165, 1.54) is 5.56 Å². The monoisotopic (exact) mass is 442 g/mol. The summed E-state index contributed by atoms with van der Waals surface area (Å²) in [6.45, 7) is 11.8. The molecule has 1 amide bonds. The standard InChI is InChI=1S/C29H34N2O2/c1-20-17-25(24-6-4-5-22(18-24)19-27(32)23-7-8-23)9-10-26(20)21(2)30-13-15-31(16-14-30)28(33)29(3)11-12-29/h4-6,9-10,17-18,23H,2,7-8,11-16,19H2,1,3H3. The highest BCUT2D eigenvalue weighted by Crippen LogP contribution is 2.46. The van der Waals surface area contributed by atoms with Gasteiger partial charge in [0.05, 0.1) is 0 Å². The third-order valence-electron chi connectivity index (χ3n) is 7.67. The number of carbonyl (C=O) groups is 2. The van der Waals surface area contributed by atoms with Gasteiger partial charge in [-0.25, -0.2) is 0 Å². The molecular weight excluding hydrogens is 408 g/mol. The van der Waals surface area contributed by atoms with Crippen molar-refractivity contribution in [1.29, 1.82) is 0 Å². The van der Waals surface area contributed by atoms with Gasteiger partial charge in [-0.15, -0.1) is 0 Å². The first-order valence-electron chi connectivity index (χ1n) is 12.3. The van der Waals surface area contributed by atoms with E-state index in [1.54, 1.807) is 0 Å². The molecule has 2 aromatic rings. The second-order valence-corrected chi connectivity index (χ2v) is 10.4. The number of hydrogen-bond acceptors (Lipinski definition) is 3. The Kier molecular flexibility index (Phi) is 5.64. The van der Waals surface area contributed by atoms with Crippen molar-refractivity contribution in [1.82, 2.24) is 9.80 Å². The summed E-state index contributed by atoms with van der Waals surface area (Å²) in [4.78, 5) is 29.2. The SMILES string of the molecule is C=C(c1ccc(-c2cccc(CC(=O)C3CC3)c2)cc1C)N1CCN(C(=O)C2(C)CC2)CC1. The molecule has 0 bridgehead atoms. The predicted octanol–water partition coefficient (Wildman–Crippen LogP) is 5.10. The molecule has 172 valence electrons. The van der Waals surface area contributed by atoms with Crippen LogP contribution in [-0.2, 0) is 16.0 Å². The minimum atomic E-state index is -0.0892. The van der Waals surface area contributed by atoms with Crippen LogP contribution in [0.25, 0.3) is 16.8 Å². The Hall–Kier alpha value is -2.88. The highest BCUT2D eigenvalue weighted by atomic mass is 16.2. The molecule has 0 unspecified atom stereocenters. The van der Waals surface area contributed by atoms with Crippen LogP contribution in [0.3, 0.4) is 0 Å². The van der Waals surface area contributed by atoms with E-state index >= 15 is 0 Å². The zero-order valence-electron chi connectivity index (χ0n) is 19.9. The quantitative estimate of drug-likeness (QED) is 0.599. The average Bonchev–Trinajstić information content (AvgIpc) is 3.75. The summed E-state index contributed by atoms with van der Waals surface area (Å²) in [6.07, 6.45) is 4.73. The van der Waals surface area contributed by atoms with Crippen LogP contribution in [0.2, 0.25) is 0 Å². The molecule has 5 rings (SSSR count). The normalized spacial score (nSPS) is 19.3. The number of amides is 1. The van der Waals surface area contributed by atoms with Crippen molar-refractivity contribution < 1.29 is 9.59 Å². The minimum Gasteiger partial charge on any atom is -0.368 e. The molecule has 0 spiro atoms. The summed E-state index contributed by atoms with van der Waals surface area (Å²) >= 11 is 0. The maximum absolute atomic E-state index is 12.6. The molecule has 2 aliphatic carbocycles. The number of hydrogen-bond donors (Lipinski definition) is 0. The van der Waals surface area contributed by atoms with E-state index in [2.05, 4.69) is 67.8 Å². The van der Waals surface area contributed by atoms with Crippen molar-refractivity contribution >= 4 is 17.4 Å². The lowest BCUT2D eigenvalue weighted by Gasteiger charge is -2.38. The number of nitrogens with zero attached hydrogens (tertiary/aromatic N) is 2. The second-order valence-electron chi connectivity index (χ2n) is 10.4. The van der Waals surface area contributed by atoms with Crippen LogP contribution in [0.1, 0.15) is 49.3 Å². The molecule has 1 saturated heterocycles. The van der Waals surface area contributed by atoms with Gasteiger partial charge in [-0.1, -0.05) is 56.0 Å². The lowest BCUT2D eigenvalue weighted by atomic mass is 9.95. The van der Waals surface area contributed by atoms with Crippen molar-refractivity contribution in [2.45, 2.75) is 46.0 Å². The lowest BCUT2D eigenvalue weighted by Crippen LogP contribution is -2.49. The van der Waals surface area contributed by atoms with Crippen LogP contribution < -0.4 is 0 Å². The number of rotatable bonds is 7. The molecule has 1 heterocycles. The summed E-state index contributed by atoms with van der Waals surface area (Å²) < 4.78 is 0. The highest BCUT2D eigenvalue weighted by Gasteiger charge is 2.47. The van der Waals surface area contributed by atoms with E-state index in [9.17, 15) is 9.59 Å². The van der Waals surface area contributed by atoms with E-state index in [0.29, 0.717) is 24.0 Å². The number of piperazine rings is 1. The lowest BCUT2D eigenvalue weighted by molar-refractivity contribution is -0.137. The van der Waals surface area contributed by atoms with Gasteiger partial charge in [0.25, 0.3) is 0 Å². The number of benzene rings is 2. The summed E-state index contributed by atoms with van der Waals surface area (Å²) in [5.41, 5.74) is 6.72. The number of carbonyl (C=O) groups excluding carboxylic acids is 2. The fourth-order valence-electron chi connectivity index (χ4n) is 4.91. The predicted molar refractivity (Wildman–Crippen MR) is 133 cm³/mol. The van der Waals surface area contributed by atoms with Crippen molar-refractivity contribution in [3.05, 3.63) is 65.7 Å². The Labute approximate surface area is 197 Å². The zero-order valence-corrected chi connectivity index (χ0v) is 19.9. The van der Waals surface area contributed by atoms with Crippen molar-refractivity contribution in [2.75, 3.05) is 26.2 Å². The van der Waals surface area contributed by atoms with Crippen LogP contribution in [0.4, 0.5) is 0 Å². The molecule has 2 saturated carbocycles. The molecule has 0 atom stereocenters. The highest BCUT2D eigenvalue weighted by molar-refractivity contribution is 5.86. The van der Waals surface area contributed by atoms with E-state index in [0.717, 1.165) is 79.8 Å². The Morgan fingerprint density at radius 1 is 0.970 bits per heavy atom. The molecule has 1 aliphatic heterocycles. The topological polar surface area (TPSA) is 40.6 Å². The van der Waals surface area contributed by atoms with Gasteiger partial charge >= 0.3 is 0 Å². The van der Waals surface area contributed by atoms with Crippen molar-refractivity contribution in [2.24, 2.45) is 11.3 Å². The maximum atomic E-state index is 12.6. The van der Waals surface area contributed by atoms with Gasteiger partial charge in [-0.3, -0.25) is 9.59 Å². The summed E-state index contributed by atoms with van der Waals surface area (Å²) in [5.74, 6) is 1.01. The van der Waals surface area contributed by atoms with Gasteiger partial charge in [0.1, 0.15) is 5.78 Å². The van der Waals surface area contributed by atoms with Gasteiger partial charge in [0, 0.05) is 55.2 Å². The Bertz CT molecular complexity index is 1100. The summed E-state index contributed by atoms with van der Waals surface area (Å²) in [7, 11) is 0. The first kappa shape index (κ1) is 21.9. The zero-order chi connectivity index (χ0) is 23.2. The van der Waals surface area contributed by atoms with Crippen LogP contribution in [-0.4, -0.2) is 47.7 Å². The summed E-state index contributed by atoms with van der Waals surface area (Å²) in [6, 6.07) is 14.9. The van der Waals surface area contributed by atoms with Gasteiger partial charge in [-0.2, -0.15) is 0 Å². The molecule has 3 fully saturated rings. The second kappa shape index (κ2) is 8.48. The molecule has 0 radical (unpaired) electrons. The first-order chi connectivity index (χ1) is 15.8. The third kappa shape index (κ3) is 4.62. The first-order valence-corrected chi connectivity index (χ1v) is 12.3. The Morgan fingerprint density at radius 2 is 1.64 bits per heavy atom. The molecule has 3 aliphatic rings. The Balaban J connectivity index is 1.25. The van der Waals surface area contributed by atoms with E-state index < -0.39 is 0 Å². The summed E-state index contributed by atoms with van der Waals surface area (Å²) in [5, 5.41) is 0. The molecular formula is C29H34N2O2. The molecule has 0 N–H and O–H groups in total. The van der Waals surface area contributed by atoms with Crippen LogP contribution in [0, 0.1) is 18.3 Å². The van der Waals surface area contributed by atoms with Crippen LogP contribution >= 0.6 is 0 Å². The van der Waals surface area contributed by atoms with Crippen LogP contribution in [0.15, 0.2) is 49.0 Å². The smallest absolute Gasteiger partial charge is 0.228 e. The van der Waals surface area contributed by atoms with Gasteiger partial charge < -0.3 is 9.80 Å². The minimum absolute atomic E-state index is 0.0892. The van der Waals surface area contributed by atoms with Gasteiger partial charge in [0.2, 0.25) is 5.91 Å². The molecule has 4 nitrogen and oxygen atoms in total. The number of ketones is 1. The molecule has 4 heteroatoms. The largest absolute Gasteiger partial charge is 0.368 e. The molecule has 2 aromatic carbocycles. The fourth-order valence-corrected chi connectivity index (χ4v) is 4.91. The van der Waals surface area contributed by atoms with E-state index in [1.807, 2.05) is 4.90 Å². The van der Waals surface area contributed by atoms with Crippen LogP contribution in [0.5, 0.6) is 0 Å². The Morgan fingerprint density at radius 3 is 2.27 bits per heavy atom. The maximum Gasteiger partial charge on any atom is 0.228 e. The van der Waals surface area contributed by atoms with Gasteiger partial charge in [0.15, 0.2) is 0 Å². The van der Waals surface area contributed by atoms with Crippen molar-refractivity contribution in [3.8, 4) is 11.1 Å². The number of aryl methyl sites for hydroxylation is 1. The number of Topliss-reactive ketones (excluding diaryl/α,β-unsaturated/α-hetero) is 1. The fraction of sp³-hybridized carbons (Fsp3) is 0.448. The van der Waals surface area contributed by atoms with E-state index in [-0.39, 0.29) is 5.41 Å². The molecule has 33 heavy (non-hydrogen) atoms. The van der Waals surface area contributed by atoms with Crippen molar-refractivity contribution in [3.63, 3.8) is 0 Å². The van der Waals surface area contributed by atoms with E-state index in [4.69, 9.17) is 0 Å². The average molecular weight is 443 g/mol. The molecule has 0 aromatic heterocycles.